The topological polar surface area (TPSA) is 121 Å². The average Bonchev–Trinajstić information content (AvgIpc) is 3.28. The molecule has 40 heavy (non-hydrogen) atoms. The number of carbonyl (C=O) groups excluding carboxylic acids is 1. The van der Waals surface area contributed by atoms with Crippen molar-refractivity contribution in [2.24, 2.45) is 0 Å². The third-order valence-electron chi connectivity index (χ3n) is 7.42. The molecule has 2 aliphatic rings. The summed E-state index contributed by atoms with van der Waals surface area (Å²) < 4.78 is 56.3. The number of benzene rings is 2. The van der Waals surface area contributed by atoms with Crippen LogP contribution in [0.3, 0.4) is 0 Å². The predicted octanol–water partition coefficient (Wildman–Crippen LogP) is 3.69. The predicted molar refractivity (Wildman–Crippen MR) is 152 cm³/mol. The highest BCUT2D eigenvalue weighted by molar-refractivity contribution is 7.89. The average molecular weight is 591 g/mol. The van der Waals surface area contributed by atoms with Crippen LogP contribution in [0.5, 0.6) is 0 Å². The number of anilines is 3. The van der Waals surface area contributed by atoms with Crippen LogP contribution >= 0.6 is 11.3 Å². The number of nitrogens with one attached hydrogen (secondary N) is 2. The minimum atomic E-state index is -3.66. The molecule has 2 aliphatic heterocycles. The number of nitrogens with zero attached hydrogens (tertiary/aromatic N) is 3. The van der Waals surface area contributed by atoms with Gasteiger partial charge in [0, 0.05) is 50.0 Å². The van der Waals surface area contributed by atoms with E-state index in [2.05, 4.69) is 34.4 Å². The molecule has 5 rings (SSSR count). The molecule has 13 heteroatoms. The summed E-state index contributed by atoms with van der Waals surface area (Å²) in [7, 11) is -3.66. The van der Waals surface area contributed by atoms with Crippen LogP contribution in [0.4, 0.5) is 25.4 Å². The molecule has 3 heterocycles. The monoisotopic (exact) mass is 590 g/mol. The second kappa shape index (κ2) is 11.0. The Balaban J connectivity index is 1.21. The molecule has 0 atom stereocenters. The van der Waals surface area contributed by atoms with Crippen LogP contribution in [0.15, 0.2) is 47.4 Å². The Kier molecular flexibility index (Phi) is 7.83. The minimum absolute atomic E-state index is 0.0563. The van der Waals surface area contributed by atoms with Gasteiger partial charge in [-0.3, -0.25) is 4.79 Å². The molecule has 4 N–H and O–H groups in total. The lowest BCUT2D eigenvalue weighted by Crippen LogP contribution is -2.58. The third kappa shape index (κ3) is 5.55. The van der Waals surface area contributed by atoms with Crippen molar-refractivity contribution in [1.29, 1.82) is 0 Å². The van der Waals surface area contributed by atoms with E-state index in [0.29, 0.717) is 31.1 Å². The van der Waals surface area contributed by atoms with Gasteiger partial charge >= 0.3 is 0 Å². The number of ketones is 1. The lowest BCUT2D eigenvalue weighted by molar-refractivity contribution is 0.103. The van der Waals surface area contributed by atoms with E-state index in [1.54, 1.807) is 12.1 Å². The maximum absolute atomic E-state index is 14.1. The molecule has 3 aromatic rings. The number of halogens is 2. The van der Waals surface area contributed by atoms with Gasteiger partial charge in [0.05, 0.1) is 10.5 Å². The van der Waals surface area contributed by atoms with E-state index in [1.807, 2.05) is 12.1 Å². The van der Waals surface area contributed by atoms with E-state index in [4.69, 9.17) is 5.73 Å². The molecule has 214 valence electrons. The maximum atomic E-state index is 14.1. The van der Waals surface area contributed by atoms with Crippen LogP contribution in [-0.4, -0.2) is 67.8 Å². The molecular weight excluding hydrogens is 558 g/mol. The SMILES string of the molecule is CC1(C)CNCCN1c1ccc(S(=O)(=O)N2CCC(Nc3nc(N)c(C(=O)c4c(F)cccc4F)s3)CC2)cc1. The van der Waals surface area contributed by atoms with Crippen LogP contribution in [0.2, 0.25) is 0 Å². The van der Waals surface area contributed by atoms with Gasteiger partial charge in [-0.05, 0) is 63.1 Å². The quantitative estimate of drug-likeness (QED) is 0.357. The number of aromatic nitrogens is 1. The van der Waals surface area contributed by atoms with Crippen molar-refractivity contribution in [2.75, 3.05) is 48.7 Å². The van der Waals surface area contributed by atoms with Crippen molar-refractivity contribution in [1.82, 2.24) is 14.6 Å². The number of rotatable bonds is 7. The summed E-state index contributed by atoms with van der Waals surface area (Å²) in [6.07, 6.45) is 1.02. The maximum Gasteiger partial charge on any atom is 0.243 e. The second-order valence-electron chi connectivity index (χ2n) is 10.6. The first kappa shape index (κ1) is 28.4. The number of sulfonamides is 1. The van der Waals surface area contributed by atoms with Crippen LogP contribution < -0.4 is 21.3 Å². The second-order valence-corrected chi connectivity index (χ2v) is 13.6. The third-order valence-corrected chi connectivity index (χ3v) is 10.3. The summed E-state index contributed by atoms with van der Waals surface area (Å²) in [5.74, 6) is -2.93. The van der Waals surface area contributed by atoms with Gasteiger partial charge in [0.2, 0.25) is 15.8 Å². The van der Waals surface area contributed by atoms with Gasteiger partial charge in [-0.1, -0.05) is 17.4 Å². The molecule has 0 unspecified atom stereocenters. The smallest absolute Gasteiger partial charge is 0.243 e. The first-order chi connectivity index (χ1) is 19.0. The number of hydrogen-bond donors (Lipinski definition) is 3. The first-order valence-corrected chi connectivity index (χ1v) is 15.3. The molecule has 0 saturated carbocycles. The number of nitrogens with two attached hydrogens (primary N) is 1. The van der Waals surface area contributed by atoms with Gasteiger partial charge < -0.3 is 21.3 Å². The summed E-state index contributed by atoms with van der Waals surface area (Å²) in [6.45, 7) is 7.50. The molecule has 0 amide bonds. The minimum Gasteiger partial charge on any atom is -0.382 e. The van der Waals surface area contributed by atoms with E-state index in [0.717, 1.165) is 48.8 Å². The summed E-state index contributed by atoms with van der Waals surface area (Å²) in [5.41, 5.74) is 6.15. The van der Waals surface area contributed by atoms with Crippen LogP contribution in [0.25, 0.3) is 0 Å². The fourth-order valence-corrected chi connectivity index (χ4v) is 7.59. The number of carbonyl (C=O) groups is 1. The van der Waals surface area contributed by atoms with Crippen molar-refractivity contribution in [3.63, 3.8) is 0 Å². The van der Waals surface area contributed by atoms with Gasteiger partial charge in [0.25, 0.3) is 0 Å². The molecule has 2 saturated heterocycles. The van der Waals surface area contributed by atoms with Crippen LogP contribution in [0.1, 0.15) is 41.9 Å². The lowest BCUT2D eigenvalue weighted by atomic mass is 9.99. The van der Waals surface area contributed by atoms with E-state index < -0.39 is 33.0 Å². The molecule has 0 spiro atoms. The molecule has 2 fully saturated rings. The number of nitrogen functional groups attached to an aromatic ring is 1. The highest BCUT2D eigenvalue weighted by Gasteiger charge is 2.32. The summed E-state index contributed by atoms with van der Waals surface area (Å²) >= 11 is 0.920. The Labute approximate surface area is 236 Å². The van der Waals surface area contributed by atoms with Gasteiger partial charge in [0.1, 0.15) is 22.3 Å². The number of hydrogen-bond acceptors (Lipinski definition) is 9. The van der Waals surface area contributed by atoms with Crippen LogP contribution in [-0.2, 0) is 10.0 Å². The number of piperidine rings is 1. The Morgan fingerprint density at radius 1 is 1.10 bits per heavy atom. The fourth-order valence-electron chi connectivity index (χ4n) is 5.21. The molecule has 0 radical (unpaired) electrons. The molecular formula is C27H32F2N6O3S2. The van der Waals surface area contributed by atoms with Crippen molar-refractivity contribution < 1.29 is 22.0 Å². The highest BCUT2D eigenvalue weighted by atomic mass is 32.2. The normalized spacial score (nSPS) is 18.6. The molecule has 1 aromatic heterocycles. The van der Waals surface area contributed by atoms with Crippen molar-refractivity contribution in [3.05, 3.63) is 64.5 Å². The number of piperazine rings is 1. The zero-order valence-electron chi connectivity index (χ0n) is 22.3. The zero-order valence-corrected chi connectivity index (χ0v) is 23.9. The van der Waals surface area contributed by atoms with E-state index in [9.17, 15) is 22.0 Å². The molecule has 9 nitrogen and oxygen atoms in total. The van der Waals surface area contributed by atoms with Gasteiger partial charge in [-0.15, -0.1) is 0 Å². The zero-order chi connectivity index (χ0) is 28.7. The van der Waals surface area contributed by atoms with Gasteiger partial charge in [0.15, 0.2) is 5.13 Å². The Bertz CT molecular complexity index is 1480. The Morgan fingerprint density at radius 3 is 2.38 bits per heavy atom. The Morgan fingerprint density at radius 2 is 1.75 bits per heavy atom. The van der Waals surface area contributed by atoms with Crippen molar-refractivity contribution in [3.8, 4) is 0 Å². The molecule has 0 bridgehead atoms. The van der Waals surface area contributed by atoms with Crippen LogP contribution in [0, 0.1) is 11.6 Å². The standard InChI is InChI=1S/C27H32F2N6O3S2/c1-27(2)16-31-12-15-35(27)18-6-8-19(9-7-18)40(37,38)34-13-10-17(11-14-34)32-26-33-25(30)24(39-26)23(36)22-20(28)4-3-5-21(22)29/h3-9,17,31H,10-16,30H2,1-2H3,(H,32,33). The summed E-state index contributed by atoms with van der Waals surface area (Å²) in [6, 6.07) is 10.2. The summed E-state index contributed by atoms with van der Waals surface area (Å²) in [5, 5.41) is 6.93. The molecule has 0 aliphatic carbocycles. The van der Waals surface area contributed by atoms with Gasteiger partial charge in [-0.25, -0.2) is 22.2 Å². The Hall–Kier alpha value is -3.13. The lowest BCUT2D eigenvalue weighted by Gasteiger charge is -2.44. The van der Waals surface area contributed by atoms with Crippen molar-refractivity contribution >= 4 is 43.8 Å². The largest absolute Gasteiger partial charge is 0.382 e. The van der Waals surface area contributed by atoms with Gasteiger partial charge in [-0.2, -0.15) is 4.31 Å². The van der Waals surface area contributed by atoms with E-state index in [-0.39, 0.29) is 27.2 Å². The van der Waals surface area contributed by atoms with E-state index >= 15 is 0 Å². The summed E-state index contributed by atoms with van der Waals surface area (Å²) in [4.78, 5) is 19.4. The van der Waals surface area contributed by atoms with Crippen molar-refractivity contribution in [2.45, 2.75) is 43.2 Å². The first-order valence-electron chi connectivity index (χ1n) is 13.1. The highest BCUT2D eigenvalue weighted by Crippen LogP contribution is 2.32. The fraction of sp³-hybridized carbons (Fsp3) is 0.407. The number of thiazole rings is 1. The van der Waals surface area contributed by atoms with E-state index in [1.165, 1.54) is 10.4 Å². The molecule has 2 aromatic carbocycles.